The lowest BCUT2D eigenvalue weighted by atomic mass is 9.84. The molecule has 0 radical (unpaired) electrons. The van der Waals surface area contributed by atoms with Crippen LogP contribution in [-0.4, -0.2) is 138 Å². The minimum Gasteiger partial charge on any atom is -0.445 e. The number of ether oxygens (including phenoxy) is 2. The van der Waals surface area contributed by atoms with Gasteiger partial charge in [-0.3, -0.25) is 38.5 Å². The topological polar surface area (TPSA) is 235 Å². The number of rotatable bonds is 31. The number of primary amides is 1. The summed E-state index contributed by atoms with van der Waals surface area (Å²) in [5.41, 5.74) is 6.26. The van der Waals surface area contributed by atoms with Gasteiger partial charge in [-0.25, -0.2) is 9.59 Å². The van der Waals surface area contributed by atoms with Crippen LogP contribution in [0.3, 0.4) is 0 Å². The highest BCUT2D eigenvalue weighted by molar-refractivity contribution is 6.12. The van der Waals surface area contributed by atoms with Crippen LogP contribution in [0.25, 0.3) is 0 Å². The van der Waals surface area contributed by atoms with Crippen molar-refractivity contribution in [2.75, 3.05) is 46.7 Å². The van der Waals surface area contributed by atoms with Crippen LogP contribution in [0.1, 0.15) is 126 Å². The molecule has 0 saturated heterocycles. The van der Waals surface area contributed by atoms with Crippen molar-refractivity contribution in [1.29, 1.82) is 0 Å². The monoisotopic (exact) mass is 982 g/mol. The number of anilines is 1. The lowest BCUT2D eigenvalue weighted by molar-refractivity contribution is -0.145. The van der Waals surface area contributed by atoms with Crippen molar-refractivity contribution >= 4 is 58.9 Å². The van der Waals surface area contributed by atoms with E-state index < -0.39 is 42.0 Å². The summed E-state index contributed by atoms with van der Waals surface area (Å²) >= 11 is 0. The Morgan fingerprint density at radius 3 is 1.83 bits per heavy atom. The first-order valence-corrected chi connectivity index (χ1v) is 24.8. The second-order valence-corrected chi connectivity index (χ2v) is 19.8. The molecule has 18 heteroatoms. The number of imide groups is 1. The molecule has 18 nitrogen and oxygen atoms in total. The van der Waals surface area contributed by atoms with Crippen molar-refractivity contribution in [2.45, 2.75) is 151 Å². The maximum Gasteiger partial charge on any atom is 0.410 e. The molecule has 8 amide bonds. The number of nitrogens with one attached hydrogen (secondary N) is 2. The molecule has 7 atom stereocenters. The fourth-order valence-electron chi connectivity index (χ4n) is 9.21. The largest absolute Gasteiger partial charge is 0.445 e. The highest BCUT2D eigenvalue weighted by Crippen LogP contribution is 2.28. The first-order chi connectivity index (χ1) is 32.9. The summed E-state index contributed by atoms with van der Waals surface area (Å²) in [6.45, 7) is 17.6. The average molecular weight is 982 g/mol. The second-order valence-electron chi connectivity index (χ2n) is 19.8. The van der Waals surface area contributed by atoms with Crippen LogP contribution < -0.4 is 16.4 Å². The number of benzene rings is 1. The Labute approximate surface area is 416 Å². The van der Waals surface area contributed by atoms with Crippen LogP contribution in [0.15, 0.2) is 36.4 Å². The van der Waals surface area contributed by atoms with E-state index in [0.717, 1.165) is 11.3 Å². The van der Waals surface area contributed by atoms with Crippen molar-refractivity contribution in [3.05, 3.63) is 42.0 Å². The fraction of sp³-hybridized carbons (Fsp3) is 0.673. The van der Waals surface area contributed by atoms with Gasteiger partial charge < -0.3 is 40.5 Å². The summed E-state index contributed by atoms with van der Waals surface area (Å²) in [6.07, 6.45) is 4.55. The molecule has 70 heavy (non-hydrogen) atoms. The number of amides is 8. The van der Waals surface area contributed by atoms with Gasteiger partial charge in [-0.15, -0.1) is 0 Å². The van der Waals surface area contributed by atoms with Crippen molar-refractivity contribution in [1.82, 2.24) is 24.9 Å². The van der Waals surface area contributed by atoms with Gasteiger partial charge in [0.1, 0.15) is 6.61 Å². The third kappa shape index (κ3) is 18.3. The zero-order valence-corrected chi connectivity index (χ0v) is 44.1. The number of nitrogens with two attached hydrogens (primary N) is 1. The van der Waals surface area contributed by atoms with E-state index >= 15 is 0 Å². The lowest BCUT2D eigenvalue weighted by Crippen LogP contribution is -2.52. The Morgan fingerprint density at radius 2 is 1.30 bits per heavy atom. The minimum absolute atomic E-state index is 0.0481. The molecular formula is C52H83N7O11. The van der Waals surface area contributed by atoms with E-state index in [0.29, 0.717) is 36.9 Å². The number of Topliss-reactive ketones (excluding diaryl/α,β-unsaturated/α-hetero) is 2. The van der Waals surface area contributed by atoms with E-state index in [4.69, 9.17) is 15.2 Å². The van der Waals surface area contributed by atoms with Crippen molar-refractivity contribution in [2.24, 2.45) is 41.2 Å². The molecule has 0 unspecified atom stereocenters. The highest BCUT2D eigenvalue weighted by atomic mass is 16.6. The van der Waals surface area contributed by atoms with Crippen LogP contribution in [0, 0.1) is 35.5 Å². The normalized spacial score (nSPS) is 15.5. The molecule has 0 bridgehead atoms. The van der Waals surface area contributed by atoms with Crippen molar-refractivity contribution in [3.8, 4) is 0 Å². The molecule has 0 aromatic heterocycles. The standard InChI is InChI=1S/C52H83N7O11/c1-14-35(8)48(36(9)69-13)57(11)50(66)40(32(2)3)30-42(61)47(34(6)7)58(12)52(68)70-31-37-21-23-39(24-22-37)55-49(65)38(19-18-27-54-51(53)67)29-41(60)46(33(4)5)56(10)43(62)20-16-15-17-28-59-44(63)25-26-45(59)64/h21-26,32-36,38,40,46-48H,14-20,27-31H2,1-13H3,(H,55,65)(H3,53,54,67)/t35-,36+,38+,40-,46-,47-,48-/m0/s1. The maximum atomic E-state index is 14.0. The number of hydrogen-bond acceptors (Lipinski definition) is 11. The summed E-state index contributed by atoms with van der Waals surface area (Å²) < 4.78 is 11.3. The quantitative estimate of drug-likeness (QED) is 0.0548. The first kappa shape index (κ1) is 60.5. The predicted molar refractivity (Wildman–Crippen MR) is 268 cm³/mol. The van der Waals surface area contributed by atoms with E-state index in [1.807, 2.05) is 48.5 Å². The van der Waals surface area contributed by atoms with Crippen molar-refractivity contribution < 1.29 is 52.6 Å². The van der Waals surface area contributed by atoms with E-state index in [1.54, 1.807) is 50.4 Å². The van der Waals surface area contributed by atoms with Crippen LogP contribution >= 0.6 is 0 Å². The molecule has 1 aromatic carbocycles. The van der Waals surface area contributed by atoms with Gasteiger partial charge in [0.05, 0.1) is 24.2 Å². The Morgan fingerprint density at radius 1 is 0.729 bits per heavy atom. The van der Waals surface area contributed by atoms with Gasteiger partial charge in [-0.1, -0.05) is 80.4 Å². The van der Waals surface area contributed by atoms with Crippen LogP contribution in [0.2, 0.25) is 0 Å². The second kappa shape index (κ2) is 29.5. The molecule has 1 heterocycles. The number of unbranched alkanes of at least 4 members (excludes halogenated alkanes) is 2. The van der Waals surface area contributed by atoms with E-state index in [1.165, 1.54) is 29.0 Å². The number of urea groups is 1. The number of nitrogens with zero attached hydrogens (tertiary/aromatic N) is 4. The molecule has 0 spiro atoms. The molecule has 1 aliphatic heterocycles. The van der Waals surface area contributed by atoms with Crippen LogP contribution in [0.4, 0.5) is 15.3 Å². The van der Waals surface area contributed by atoms with Gasteiger partial charge in [0.2, 0.25) is 17.7 Å². The SMILES string of the molecule is CC[C@H](C)[C@@H]([C@@H](C)OC)N(C)C(=O)[C@@H](CC(=O)[C@H](C(C)C)N(C)C(=O)OCc1ccc(NC(=O)[C@H](CCCNC(N)=O)CC(=O)[C@H](C(C)C)N(C)C(=O)CCCCCN2C(=O)C=CC2=O)cc1)C(C)C. The Hall–Kier alpha value is -5.65. The van der Waals surface area contributed by atoms with Gasteiger partial charge in [0.25, 0.3) is 11.8 Å². The smallest absolute Gasteiger partial charge is 0.410 e. The summed E-state index contributed by atoms with van der Waals surface area (Å²) in [4.78, 5) is 123. The van der Waals surface area contributed by atoms with Gasteiger partial charge in [0.15, 0.2) is 11.6 Å². The van der Waals surface area contributed by atoms with Gasteiger partial charge >= 0.3 is 12.1 Å². The van der Waals surface area contributed by atoms with Gasteiger partial charge in [-0.05, 0) is 74.0 Å². The number of ketones is 2. The van der Waals surface area contributed by atoms with Crippen molar-refractivity contribution in [3.63, 3.8) is 0 Å². The molecule has 0 aliphatic carbocycles. The highest BCUT2D eigenvalue weighted by Gasteiger charge is 2.39. The third-order valence-electron chi connectivity index (χ3n) is 13.5. The summed E-state index contributed by atoms with van der Waals surface area (Å²) in [7, 11) is 6.47. The zero-order chi connectivity index (χ0) is 53.0. The van der Waals surface area contributed by atoms with Crippen LogP contribution in [0.5, 0.6) is 0 Å². The van der Waals surface area contributed by atoms with E-state index in [9.17, 15) is 43.2 Å². The Bertz CT molecular complexity index is 1940. The number of hydrogen-bond donors (Lipinski definition) is 3. The Kier molecular flexibility index (Phi) is 25.5. The lowest BCUT2D eigenvalue weighted by Gasteiger charge is -2.39. The number of carbonyl (C=O) groups excluding carboxylic acids is 9. The fourth-order valence-corrected chi connectivity index (χ4v) is 9.21. The van der Waals surface area contributed by atoms with E-state index in [-0.39, 0.29) is 116 Å². The summed E-state index contributed by atoms with van der Waals surface area (Å²) in [5.74, 6) is -4.01. The first-order valence-electron chi connectivity index (χ1n) is 24.8. The molecule has 2 rings (SSSR count). The minimum atomic E-state index is -0.849. The zero-order valence-electron chi connectivity index (χ0n) is 44.1. The Balaban J connectivity index is 2.11. The molecule has 0 fully saturated rings. The molecule has 4 N–H and O–H groups in total. The van der Waals surface area contributed by atoms with Gasteiger partial charge in [0, 0.05) is 90.3 Å². The van der Waals surface area contributed by atoms with Crippen LogP contribution in [-0.2, 0) is 49.6 Å². The average Bonchev–Trinajstić information content (AvgIpc) is 3.62. The number of carbonyl (C=O) groups is 9. The third-order valence-corrected chi connectivity index (χ3v) is 13.5. The molecular weight excluding hydrogens is 899 g/mol. The molecule has 392 valence electrons. The molecule has 1 aliphatic rings. The number of likely N-dealkylation sites (N-methyl/N-ethyl adjacent to an activating group) is 3. The number of methoxy groups -OCH3 is 1. The van der Waals surface area contributed by atoms with E-state index in [2.05, 4.69) is 24.5 Å². The molecule has 0 saturated carbocycles. The molecule has 1 aromatic rings. The maximum absolute atomic E-state index is 14.0. The predicted octanol–water partition coefficient (Wildman–Crippen LogP) is 6.35. The summed E-state index contributed by atoms with van der Waals surface area (Å²) in [6, 6.07) is 4.07. The van der Waals surface area contributed by atoms with Gasteiger partial charge in [-0.2, -0.15) is 0 Å². The summed E-state index contributed by atoms with van der Waals surface area (Å²) in [5, 5.41) is 5.38.